The van der Waals surface area contributed by atoms with Crippen molar-refractivity contribution in [2.75, 3.05) is 6.61 Å². The number of hydrogen-bond donors (Lipinski definition) is 1. The Morgan fingerprint density at radius 3 is 2.53 bits per heavy atom. The second-order valence-electron chi connectivity index (χ2n) is 2.06. The van der Waals surface area contributed by atoms with E-state index in [1.807, 2.05) is 0 Å². The smallest absolute Gasteiger partial charge is 0.653 e. The van der Waals surface area contributed by atoms with E-state index < -0.39 is 5.97 Å². The molecule has 1 aromatic rings. The predicted molar refractivity (Wildman–Crippen MR) is 48.5 cm³/mol. The van der Waals surface area contributed by atoms with E-state index in [9.17, 15) is 4.79 Å². The zero-order valence-corrected chi connectivity index (χ0v) is 11.8. The van der Waals surface area contributed by atoms with Gasteiger partial charge in [-0.3, -0.25) is 4.98 Å². The molecular weight excluding hydrogens is 225 g/mol. The average Bonchev–Trinajstić information content (AvgIpc) is 2.21. The molecule has 0 spiro atoms. The fourth-order valence-electron chi connectivity index (χ4n) is 0.548. The van der Waals surface area contributed by atoms with Crippen LogP contribution in [0.1, 0.15) is 17.3 Å². The molecule has 0 saturated heterocycles. The summed E-state index contributed by atoms with van der Waals surface area (Å²) in [4.78, 5) is 22.8. The molecule has 6 heteroatoms. The molecular formula is C9H10KNO4. The Bertz CT molecular complexity index is 279. The number of carbonyl (C=O) groups excluding carboxylic acids is 1. The van der Waals surface area contributed by atoms with Gasteiger partial charge in [0, 0.05) is 19.0 Å². The van der Waals surface area contributed by atoms with E-state index in [1.54, 1.807) is 13.0 Å². The molecule has 5 nitrogen and oxygen atoms in total. The molecule has 1 heterocycles. The van der Waals surface area contributed by atoms with E-state index in [2.05, 4.69) is 9.72 Å². The minimum Gasteiger partial charge on any atom is -0.653 e. The van der Waals surface area contributed by atoms with Crippen molar-refractivity contribution < 1.29 is 70.8 Å². The molecule has 0 aromatic carbocycles. The summed E-state index contributed by atoms with van der Waals surface area (Å²) in [6.07, 6.45) is 2.84. The number of carboxylic acids is 1. The molecule has 0 fully saturated rings. The third kappa shape index (κ3) is 10.0. The number of hydrogen-bond acceptors (Lipinski definition) is 4. The first-order valence-corrected chi connectivity index (χ1v) is 3.84. The Hall–Kier alpha value is -0.274. The minimum absolute atomic E-state index is 0. The van der Waals surface area contributed by atoms with Crippen LogP contribution in [0.5, 0.6) is 0 Å². The number of pyridine rings is 1. The fraction of sp³-hybridized carbons (Fsp3) is 0.222. The number of nitrogens with zero attached hydrogens (tertiary/aromatic N) is 1. The molecule has 0 aliphatic heterocycles. The Balaban J connectivity index is 0. The summed E-state index contributed by atoms with van der Waals surface area (Å²) in [5.41, 5.74) is 0.220. The van der Waals surface area contributed by atoms with Crippen LogP contribution in [0.3, 0.4) is 0 Å². The van der Waals surface area contributed by atoms with Crippen molar-refractivity contribution in [3.05, 3.63) is 30.1 Å². The number of aromatic carboxylic acids is 1. The van der Waals surface area contributed by atoms with E-state index >= 15 is 0 Å². The second-order valence-corrected chi connectivity index (χ2v) is 2.06. The third-order valence-corrected chi connectivity index (χ3v) is 1.11. The molecule has 0 aliphatic rings. The Labute approximate surface area is 130 Å². The SMILES string of the molecule is CCO[C-]=O.O=C(O)c1cccnc1.[K+]. The maximum absolute atomic E-state index is 10.2. The van der Waals surface area contributed by atoms with E-state index in [0.717, 1.165) is 0 Å². The van der Waals surface area contributed by atoms with Gasteiger partial charge < -0.3 is 14.6 Å². The minimum atomic E-state index is -0.942. The molecule has 0 atom stereocenters. The van der Waals surface area contributed by atoms with Crippen molar-refractivity contribution in [2.45, 2.75) is 6.92 Å². The number of aromatic nitrogens is 1. The molecule has 0 unspecified atom stereocenters. The molecule has 1 aromatic heterocycles. The first kappa shape index (κ1) is 17.1. The third-order valence-electron chi connectivity index (χ3n) is 1.11. The number of carbonyl (C=O) groups is 1. The van der Waals surface area contributed by atoms with Crippen LogP contribution in [-0.2, 0) is 9.53 Å². The molecule has 0 bridgehead atoms. The summed E-state index contributed by atoms with van der Waals surface area (Å²) in [7, 11) is 0. The van der Waals surface area contributed by atoms with Crippen LogP contribution in [0, 0.1) is 0 Å². The van der Waals surface area contributed by atoms with Gasteiger partial charge in [-0.2, -0.15) is 0 Å². The summed E-state index contributed by atoms with van der Waals surface area (Å²) in [5, 5.41) is 8.34. The van der Waals surface area contributed by atoms with Gasteiger partial charge in [-0.1, -0.05) is 6.47 Å². The van der Waals surface area contributed by atoms with Crippen molar-refractivity contribution in [3.8, 4) is 0 Å². The largest absolute Gasteiger partial charge is 1.00 e. The van der Waals surface area contributed by atoms with E-state index in [-0.39, 0.29) is 56.9 Å². The topological polar surface area (TPSA) is 76.5 Å². The van der Waals surface area contributed by atoms with Crippen molar-refractivity contribution in [1.82, 2.24) is 4.98 Å². The molecule has 0 aliphatic carbocycles. The van der Waals surface area contributed by atoms with Gasteiger partial charge in [0.2, 0.25) is 0 Å². The summed E-state index contributed by atoms with van der Waals surface area (Å²) in [5.74, 6) is -0.942. The summed E-state index contributed by atoms with van der Waals surface area (Å²) in [6, 6.07) is 3.08. The van der Waals surface area contributed by atoms with Gasteiger partial charge in [-0.15, -0.1) is 0 Å². The molecule has 1 N–H and O–H groups in total. The van der Waals surface area contributed by atoms with Crippen molar-refractivity contribution >= 4 is 12.4 Å². The van der Waals surface area contributed by atoms with E-state index in [0.29, 0.717) is 6.61 Å². The maximum atomic E-state index is 10.2. The molecule has 76 valence electrons. The van der Waals surface area contributed by atoms with Crippen LogP contribution in [0.2, 0.25) is 0 Å². The van der Waals surface area contributed by atoms with Crippen LogP contribution < -0.4 is 51.4 Å². The number of carboxylic acid groups (broad SMARTS) is 1. The Morgan fingerprint density at radius 1 is 1.67 bits per heavy atom. The molecule has 0 amide bonds. The standard InChI is InChI=1S/C6H5NO2.C3H5O2.K/c8-6(9)5-2-1-3-7-4-5;1-2-5-3-4;/h1-4H,(H,8,9);2H2,1H3;/q;-1;+1. The number of ether oxygens (including phenoxy) is 1. The summed E-state index contributed by atoms with van der Waals surface area (Å²) in [6.45, 7) is 3.41. The fourth-order valence-corrected chi connectivity index (χ4v) is 0.548. The van der Waals surface area contributed by atoms with Crippen LogP contribution in [0.25, 0.3) is 0 Å². The normalized spacial score (nSPS) is 7.53. The van der Waals surface area contributed by atoms with Gasteiger partial charge in [0.05, 0.1) is 5.56 Å². The van der Waals surface area contributed by atoms with Gasteiger partial charge in [-0.25, -0.2) is 4.79 Å². The zero-order chi connectivity index (χ0) is 10.8. The quantitative estimate of drug-likeness (QED) is 0.478. The second kappa shape index (κ2) is 11.8. The van der Waals surface area contributed by atoms with Gasteiger partial charge in [0.1, 0.15) is 0 Å². The maximum Gasteiger partial charge on any atom is 1.00 e. The Kier molecular flexibility index (Phi) is 13.5. The van der Waals surface area contributed by atoms with E-state index in [1.165, 1.54) is 24.9 Å². The molecule has 1 rings (SSSR count). The van der Waals surface area contributed by atoms with Crippen molar-refractivity contribution in [1.29, 1.82) is 0 Å². The first-order valence-electron chi connectivity index (χ1n) is 3.84. The van der Waals surface area contributed by atoms with Crippen LogP contribution >= 0.6 is 0 Å². The summed E-state index contributed by atoms with van der Waals surface area (Å²) >= 11 is 0. The van der Waals surface area contributed by atoms with Crippen LogP contribution in [-0.4, -0.2) is 29.1 Å². The van der Waals surface area contributed by atoms with Gasteiger partial charge in [0.25, 0.3) is 0 Å². The van der Waals surface area contributed by atoms with Crippen molar-refractivity contribution in [3.63, 3.8) is 0 Å². The van der Waals surface area contributed by atoms with Crippen LogP contribution in [0.15, 0.2) is 24.5 Å². The van der Waals surface area contributed by atoms with E-state index in [4.69, 9.17) is 9.90 Å². The van der Waals surface area contributed by atoms with Crippen LogP contribution in [0.4, 0.5) is 0 Å². The zero-order valence-electron chi connectivity index (χ0n) is 8.64. The number of rotatable bonds is 3. The van der Waals surface area contributed by atoms with Crippen molar-refractivity contribution in [2.24, 2.45) is 0 Å². The molecule has 0 radical (unpaired) electrons. The van der Waals surface area contributed by atoms with Gasteiger partial charge in [-0.05, 0) is 19.1 Å². The predicted octanol–water partition coefficient (Wildman–Crippen LogP) is -2.13. The van der Waals surface area contributed by atoms with Gasteiger partial charge in [0.15, 0.2) is 0 Å². The molecule has 0 saturated carbocycles. The Morgan fingerprint density at radius 2 is 2.33 bits per heavy atom. The van der Waals surface area contributed by atoms with Gasteiger partial charge >= 0.3 is 57.4 Å². The first-order chi connectivity index (χ1) is 6.72. The molecule has 15 heavy (non-hydrogen) atoms. The monoisotopic (exact) mass is 235 g/mol. The average molecular weight is 235 g/mol. The summed E-state index contributed by atoms with van der Waals surface area (Å²) < 4.78 is 4.03.